The largest absolute Gasteiger partial charge is 0.288 e. The Hall–Kier alpha value is -1.76. The van der Waals surface area contributed by atoms with Crippen molar-refractivity contribution in [3.8, 4) is 0 Å². The molecule has 1 heterocycles. The topological polar surface area (TPSA) is 89.6 Å². The van der Waals surface area contributed by atoms with Crippen LogP contribution in [0.5, 0.6) is 0 Å². The van der Waals surface area contributed by atoms with Crippen molar-refractivity contribution in [3.05, 3.63) is 39.9 Å². The van der Waals surface area contributed by atoms with Gasteiger partial charge in [-0.05, 0) is 24.1 Å². The highest BCUT2D eigenvalue weighted by atomic mass is 32.2. The fourth-order valence-corrected chi connectivity index (χ4v) is 3.40. The summed E-state index contributed by atoms with van der Waals surface area (Å²) in [6, 6.07) is 5.78. The van der Waals surface area contributed by atoms with Crippen LogP contribution < -0.4 is 0 Å². The Bertz CT molecular complexity index is 578. The van der Waals surface area contributed by atoms with Crippen LogP contribution in [-0.4, -0.2) is 37.1 Å². The van der Waals surface area contributed by atoms with Crippen LogP contribution in [0.1, 0.15) is 12.0 Å². The molecule has 1 aromatic carbocycles. The van der Waals surface area contributed by atoms with Gasteiger partial charge in [-0.2, -0.15) is 0 Å². The molecule has 2 rings (SSSR count). The Kier molecular flexibility index (Phi) is 3.42. The van der Waals surface area contributed by atoms with Gasteiger partial charge in [0.15, 0.2) is 9.84 Å². The van der Waals surface area contributed by atoms with Gasteiger partial charge in [0.1, 0.15) is 0 Å². The normalized spacial score (nSPS) is 22.3. The van der Waals surface area contributed by atoms with E-state index in [9.17, 15) is 18.5 Å². The van der Waals surface area contributed by atoms with Crippen molar-refractivity contribution in [1.29, 1.82) is 0 Å². The number of hydrogen-bond donors (Lipinski definition) is 0. The van der Waals surface area contributed by atoms with Gasteiger partial charge in [0, 0.05) is 18.3 Å². The van der Waals surface area contributed by atoms with E-state index in [2.05, 4.69) is 4.99 Å². The summed E-state index contributed by atoms with van der Waals surface area (Å²) >= 11 is 0. The number of aliphatic imine (C=N–C) groups is 1. The van der Waals surface area contributed by atoms with E-state index < -0.39 is 14.8 Å². The predicted molar refractivity (Wildman–Crippen MR) is 67.7 cm³/mol. The number of nitro benzene ring substituents is 1. The summed E-state index contributed by atoms with van der Waals surface area (Å²) in [6.07, 6.45) is 2.11. The van der Waals surface area contributed by atoms with E-state index in [-0.39, 0.29) is 23.2 Å². The average Bonchev–Trinajstić information content (AvgIpc) is 2.67. The van der Waals surface area contributed by atoms with Gasteiger partial charge in [0.2, 0.25) is 0 Å². The van der Waals surface area contributed by atoms with Crippen molar-refractivity contribution < 1.29 is 13.3 Å². The van der Waals surface area contributed by atoms with E-state index in [1.54, 1.807) is 18.3 Å². The first-order valence-corrected chi connectivity index (χ1v) is 7.26. The number of benzene rings is 1. The molecule has 1 fully saturated rings. The molecular weight excluding hydrogens is 256 g/mol. The number of rotatable bonds is 3. The average molecular weight is 268 g/mol. The molecule has 18 heavy (non-hydrogen) atoms. The van der Waals surface area contributed by atoms with E-state index in [0.29, 0.717) is 6.42 Å². The summed E-state index contributed by atoms with van der Waals surface area (Å²) in [5.41, 5.74) is 0.750. The van der Waals surface area contributed by atoms with Gasteiger partial charge in [-0.1, -0.05) is 0 Å². The van der Waals surface area contributed by atoms with Crippen molar-refractivity contribution in [2.24, 2.45) is 4.99 Å². The summed E-state index contributed by atoms with van der Waals surface area (Å²) in [7, 11) is -2.92. The third-order valence-corrected chi connectivity index (χ3v) is 4.50. The summed E-state index contributed by atoms with van der Waals surface area (Å²) in [6.45, 7) is 0. The van der Waals surface area contributed by atoms with Crippen LogP contribution in [0.3, 0.4) is 0 Å². The van der Waals surface area contributed by atoms with Gasteiger partial charge in [0.05, 0.1) is 22.5 Å². The van der Waals surface area contributed by atoms with Crippen LogP contribution in [0.2, 0.25) is 0 Å². The number of hydrogen-bond acceptors (Lipinski definition) is 5. The third kappa shape index (κ3) is 3.13. The molecular formula is C11H12N2O4S. The molecule has 0 unspecified atom stereocenters. The zero-order chi connectivity index (χ0) is 13.2. The molecule has 1 atom stereocenters. The van der Waals surface area contributed by atoms with Gasteiger partial charge < -0.3 is 0 Å². The first-order chi connectivity index (χ1) is 8.46. The lowest BCUT2D eigenvalue weighted by Crippen LogP contribution is -2.07. The van der Waals surface area contributed by atoms with Crippen LogP contribution >= 0.6 is 0 Å². The second kappa shape index (κ2) is 4.85. The molecule has 1 aliphatic rings. The number of nitro groups is 1. The molecule has 0 amide bonds. The molecule has 0 aliphatic carbocycles. The minimum absolute atomic E-state index is 0.0237. The molecule has 1 aromatic rings. The Morgan fingerprint density at radius 1 is 1.33 bits per heavy atom. The number of nitrogens with zero attached hydrogens (tertiary/aromatic N) is 2. The fraction of sp³-hybridized carbons (Fsp3) is 0.364. The highest BCUT2D eigenvalue weighted by Crippen LogP contribution is 2.15. The van der Waals surface area contributed by atoms with Crippen molar-refractivity contribution in [2.75, 3.05) is 11.5 Å². The van der Waals surface area contributed by atoms with E-state index in [4.69, 9.17) is 0 Å². The molecule has 0 N–H and O–H groups in total. The fourth-order valence-electron chi connectivity index (χ4n) is 1.77. The maximum Gasteiger partial charge on any atom is 0.269 e. The second-order valence-electron chi connectivity index (χ2n) is 4.18. The maximum absolute atomic E-state index is 11.2. The Morgan fingerprint density at radius 3 is 2.50 bits per heavy atom. The van der Waals surface area contributed by atoms with Crippen molar-refractivity contribution in [2.45, 2.75) is 12.5 Å². The molecule has 0 bridgehead atoms. The molecule has 1 saturated heterocycles. The van der Waals surface area contributed by atoms with E-state index in [0.717, 1.165) is 5.56 Å². The van der Waals surface area contributed by atoms with Crippen LogP contribution in [0.15, 0.2) is 29.3 Å². The lowest BCUT2D eigenvalue weighted by Gasteiger charge is -1.99. The maximum atomic E-state index is 11.2. The summed E-state index contributed by atoms with van der Waals surface area (Å²) in [5, 5.41) is 10.5. The van der Waals surface area contributed by atoms with Crippen LogP contribution in [0.4, 0.5) is 5.69 Å². The molecule has 96 valence electrons. The summed E-state index contributed by atoms with van der Waals surface area (Å²) in [4.78, 5) is 14.2. The lowest BCUT2D eigenvalue weighted by molar-refractivity contribution is -0.384. The standard InChI is InChI=1S/C11H12N2O4S/c14-13(15)11-3-1-9(2-4-11)7-12-10-5-6-18(16,17)8-10/h1-4,7,10H,5-6,8H2/t10-/m0/s1. The SMILES string of the molecule is O=[N+]([O-])c1ccc(C=N[C@H]2CCS(=O)(=O)C2)cc1. The van der Waals surface area contributed by atoms with Crippen molar-refractivity contribution in [3.63, 3.8) is 0 Å². The number of non-ortho nitro benzene ring substituents is 1. The number of sulfone groups is 1. The smallest absolute Gasteiger partial charge is 0.269 e. The van der Waals surface area contributed by atoms with E-state index in [1.807, 2.05) is 0 Å². The van der Waals surface area contributed by atoms with Crippen LogP contribution in [0.25, 0.3) is 0 Å². The zero-order valence-electron chi connectivity index (χ0n) is 9.52. The summed E-state index contributed by atoms with van der Waals surface area (Å²) < 4.78 is 22.4. The second-order valence-corrected chi connectivity index (χ2v) is 6.41. The van der Waals surface area contributed by atoms with Gasteiger partial charge in [-0.15, -0.1) is 0 Å². The Balaban J connectivity index is 2.03. The quantitative estimate of drug-likeness (QED) is 0.468. The Morgan fingerprint density at radius 2 is 2.00 bits per heavy atom. The molecule has 7 heteroatoms. The first-order valence-electron chi connectivity index (χ1n) is 5.44. The van der Waals surface area contributed by atoms with E-state index in [1.165, 1.54) is 12.1 Å². The van der Waals surface area contributed by atoms with Gasteiger partial charge in [0.25, 0.3) is 5.69 Å². The predicted octanol–water partition coefficient (Wildman–Crippen LogP) is 1.20. The monoisotopic (exact) mass is 268 g/mol. The Labute approximate surface area is 104 Å². The summed E-state index contributed by atoms with van der Waals surface area (Å²) in [5.74, 6) is 0.283. The molecule has 1 aliphatic heterocycles. The van der Waals surface area contributed by atoms with Gasteiger partial charge in [-0.3, -0.25) is 15.1 Å². The molecule has 0 aromatic heterocycles. The lowest BCUT2D eigenvalue weighted by atomic mass is 10.2. The van der Waals surface area contributed by atoms with Gasteiger partial charge >= 0.3 is 0 Å². The zero-order valence-corrected chi connectivity index (χ0v) is 10.3. The molecule has 0 radical (unpaired) electrons. The highest BCUT2D eigenvalue weighted by molar-refractivity contribution is 7.91. The van der Waals surface area contributed by atoms with Crippen molar-refractivity contribution >= 4 is 21.7 Å². The van der Waals surface area contributed by atoms with E-state index >= 15 is 0 Å². The third-order valence-electron chi connectivity index (χ3n) is 2.75. The van der Waals surface area contributed by atoms with Crippen LogP contribution in [-0.2, 0) is 9.84 Å². The van der Waals surface area contributed by atoms with Crippen molar-refractivity contribution in [1.82, 2.24) is 0 Å². The minimum atomic E-state index is -2.92. The molecule has 0 saturated carbocycles. The van der Waals surface area contributed by atoms with Crippen LogP contribution in [0, 0.1) is 10.1 Å². The van der Waals surface area contributed by atoms with Gasteiger partial charge in [-0.25, -0.2) is 8.42 Å². The first kappa shape index (κ1) is 12.7. The molecule has 6 nitrogen and oxygen atoms in total. The highest BCUT2D eigenvalue weighted by Gasteiger charge is 2.26. The minimum Gasteiger partial charge on any atom is -0.288 e. The molecule has 0 spiro atoms.